The van der Waals surface area contributed by atoms with Gasteiger partial charge in [0, 0.05) is 11.6 Å². The monoisotopic (exact) mass is 471 g/mol. The third kappa shape index (κ3) is 5.48. The van der Waals surface area contributed by atoms with E-state index >= 15 is 0 Å². The van der Waals surface area contributed by atoms with E-state index in [-0.39, 0.29) is 12.5 Å². The van der Waals surface area contributed by atoms with Crippen LogP contribution in [-0.4, -0.2) is 36.9 Å². The molecule has 0 saturated heterocycles. The molecule has 2 aromatic carbocycles. The maximum atomic E-state index is 12.1. The second kappa shape index (κ2) is 10.6. The molecule has 0 aliphatic carbocycles. The second-order valence-corrected chi connectivity index (χ2v) is 6.96. The van der Waals surface area contributed by atoms with E-state index < -0.39 is 0 Å². The molecule has 1 heterocycles. The van der Waals surface area contributed by atoms with Crippen molar-refractivity contribution in [1.82, 2.24) is 10.4 Å². The minimum atomic E-state index is -0.380. The fourth-order valence-corrected chi connectivity index (χ4v) is 3.33. The highest BCUT2D eigenvalue weighted by Crippen LogP contribution is 2.36. The van der Waals surface area contributed by atoms with Crippen molar-refractivity contribution >= 4 is 39.0 Å². The fraction of sp³-hybridized carbons (Fsp3) is 0.227. The molecule has 156 valence electrons. The van der Waals surface area contributed by atoms with Crippen LogP contribution in [-0.2, 0) is 4.79 Å². The van der Waals surface area contributed by atoms with Gasteiger partial charge in [-0.25, -0.2) is 5.43 Å². The Kier molecular flexibility index (Phi) is 7.62. The molecule has 1 amide bonds. The molecule has 1 N–H and O–H groups in total. The molecule has 0 aliphatic heterocycles. The Morgan fingerprint density at radius 2 is 1.90 bits per heavy atom. The number of nitrogens with one attached hydrogen (secondary N) is 1. The van der Waals surface area contributed by atoms with Crippen molar-refractivity contribution in [2.24, 2.45) is 5.10 Å². The molecule has 3 rings (SSSR count). The van der Waals surface area contributed by atoms with E-state index in [1.54, 1.807) is 18.3 Å². The summed E-state index contributed by atoms with van der Waals surface area (Å²) < 4.78 is 17.6. The van der Waals surface area contributed by atoms with Crippen molar-refractivity contribution < 1.29 is 19.0 Å². The van der Waals surface area contributed by atoms with Crippen LogP contribution in [0.3, 0.4) is 0 Å². The maximum absolute atomic E-state index is 12.1. The van der Waals surface area contributed by atoms with Crippen molar-refractivity contribution in [2.45, 2.75) is 13.8 Å². The molecule has 0 bridgehead atoms. The number of pyridine rings is 1. The highest BCUT2D eigenvalue weighted by Gasteiger charge is 2.11. The van der Waals surface area contributed by atoms with E-state index in [9.17, 15) is 4.79 Å². The highest BCUT2D eigenvalue weighted by molar-refractivity contribution is 9.10. The van der Waals surface area contributed by atoms with Crippen molar-refractivity contribution in [3.8, 4) is 17.2 Å². The SMILES string of the molecule is CCOc1cc(/C=N\NC(=O)COc2cccc3cccnc23)cc(Br)c1OCC. The zero-order valence-corrected chi connectivity index (χ0v) is 18.3. The number of halogens is 1. The van der Waals surface area contributed by atoms with E-state index in [0.29, 0.717) is 36.0 Å². The number of amides is 1. The molecule has 3 aromatic rings. The van der Waals surface area contributed by atoms with Gasteiger partial charge >= 0.3 is 0 Å². The van der Waals surface area contributed by atoms with Crippen LogP contribution in [0.4, 0.5) is 0 Å². The lowest BCUT2D eigenvalue weighted by atomic mass is 10.2. The molecule has 0 saturated carbocycles. The molecule has 7 nitrogen and oxygen atoms in total. The Morgan fingerprint density at radius 3 is 2.70 bits per heavy atom. The third-order valence-electron chi connectivity index (χ3n) is 3.98. The van der Waals surface area contributed by atoms with Crippen LogP contribution in [0.1, 0.15) is 19.4 Å². The number of nitrogens with zero attached hydrogens (tertiary/aromatic N) is 2. The normalized spacial score (nSPS) is 10.9. The predicted octanol–water partition coefficient (Wildman–Crippen LogP) is 4.32. The zero-order valence-electron chi connectivity index (χ0n) is 16.7. The molecule has 0 fully saturated rings. The topological polar surface area (TPSA) is 82.0 Å². The van der Waals surface area contributed by atoms with Gasteiger partial charge in [0.25, 0.3) is 5.91 Å². The summed E-state index contributed by atoms with van der Waals surface area (Å²) in [5, 5.41) is 4.94. The second-order valence-electron chi connectivity index (χ2n) is 6.11. The van der Waals surface area contributed by atoms with Gasteiger partial charge in [-0.3, -0.25) is 9.78 Å². The van der Waals surface area contributed by atoms with E-state index in [1.165, 1.54) is 6.21 Å². The average Bonchev–Trinajstić information content (AvgIpc) is 2.75. The predicted molar refractivity (Wildman–Crippen MR) is 119 cm³/mol. The number of ether oxygens (including phenoxy) is 3. The number of carbonyl (C=O) groups excluding carboxylic acids is 1. The van der Waals surface area contributed by atoms with Gasteiger partial charge in [0.15, 0.2) is 18.1 Å². The van der Waals surface area contributed by atoms with Gasteiger partial charge in [-0.2, -0.15) is 5.10 Å². The molecular weight excluding hydrogens is 450 g/mol. The number of para-hydroxylation sites is 1. The van der Waals surface area contributed by atoms with E-state index in [1.807, 2.05) is 44.2 Å². The Morgan fingerprint density at radius 1 is 1.10 bits per heavy atom. The number of aromatic nitrogens is 1. The number of carbonyl (C=O) groups is 1. The first-order chi connectivity index (χ1) is 14.6. The molecule has 1 aromatic heterocycles. The minimum Gasteiger partial charge on any atom is -0.490 e. The maximum Gasteiger partial charge on any atom is 0.277 e. The summed E-state index contributed by atoms with van der Waals surface area (Å²) in [6.07, 6.45) is 3.21. The van der Waals surface area contributed by atoms with Gasteiger partial charge in [0.05, 0.1) is 23.9 Å². The molecule has 8 heteroatoms. The summed E-state index contributed by atoms with van der Waals surface area (Å²) in [5.41, 5.74) is 3.91. The first-order valence-electron chi connectivity index (χ1n) is 9.50. The lowest BCUT2D eigenvalue weighted by molar-refractivity contribution is -0.123. The molecular formula is C22H22BrN3O4. The molecule has 0 radical (unpaired) electrons. The summed E-state index contributed by atoms with van der Waals surface area (Å²) in [7, 11) is 0. The van der Waals surface area contributed by atoms with Crippen molar-refractivity contribution in [3.63, 3.8) is 0 Å². The van der Waals surface area contributed by atoms with Crippen LogP contribution in [0.15, 0.2) is 58.2 Å². The smallest absolute Gasteiger partial charge is 0.277 e. The number of hydrogen-bond acceptors (Lipinski definition) is 6. The molecule has 30 heavy (non-hydrogen) atoms. The van der Waals surface area contributed by atoms with Crippen LogP contribution in [0, 0.1) is 0 Å². The van der Waals surface area contributed by atoms with E-state index in [0.717, 1.165) is 15.4 Å². The van der Waals surface area contributed by atoms with Crippen molar-refractivity contribution in [2.75, 3.05) is 19.8 Å². The van der Waals surface area contributed by atoms with Crippen LogP contribution < -0.4 is 19.6 Å². The molecule has 0 unspecified atom stereocenters. The van der Waals surface area contributed by atoms with E-state index in [2.05, 4.69) is 31.4 Å². The molecule has 0 atom stereocenters. The number of hydrazone groups is 1. The van der Waals surface area contributed by atoms with Gasteiger partial charge in [0.2, 0.25) is 0 Å². The third-order valence-corrected chi connectivity index (χ3v) is 4.57. The minimum absolute atomic E-state index is 0.176. The van der Waals surface area contributed by atoms with Crippen LogP contribution in [0.25, 0.3) is 10.9 Å². The van der Waals surface area contributed by atoms with Gasteiger partial charge in [-0.15, -0.1) is 0 Å². The number of hydrogen-bond donors (Lipinski definition) is 1. The number of fused-ring (bicyclic) bond motifs is 1. The first kappa shape index (κ1) is 21.6. The van der Waals surface area contributed by atoms with Crippen molar-refractivity contribution in [3.05, 3.63) is 58.7 Å². The number of benzene rings is 2. The highest BCUT2D eigenvalue weighted by atomic mass is 79.9. The summed E-state index contributed by atoms with van der Waals surface area (Å²) in [5.74, 6) is 1.41. The summed E-state index contributed by atoms with van der Waals surface area (Å²) in [6, 6.07) is 13.0. The van der Waals surface area contributed by atoms with Gasteiger partial charge in [-0.05, 0) is 59.6 Å². The summed E-state index contributed by atoms with van der Waals surface area (Å²) in [6.45, 7) is 4.66. The van der Waals surface area contributed by atoms with Crippen LogP contribution >= 0.6 is 15.9 Å². The van der Waals surface area contributed by atoms with Crippen molar-refractivity contribution in [1.29, 1.82) is 0 Å². The lowest BCUT2D eigenvalue weighted by Crippen LogP contribution is -2.24. The largest absolute Gasteiger partial charge is 0.490 e. The molecule has 0 aliphatic rings. The van der Waals surface area contributed by atoms with Gasteiger partial charge < -0.3 is 14.2 Å². The lowest BCUT2D eigenvalue weighted by Gasteiger charge is -2.13. The standard InChI is InChI=1S/C22H22BrN3O4/c1-3-28-19-12-15(11-17(23)22(19)29-4-2)13-25-26-20(27)14-30-18-9-5-7-16-8-6-10-24-21(16)18/h5-13H,3-4,14H2,1-2H3,(H,26,27)/b25-13-. The Balaban J connectivity index is 1.61. The van der Waals surface area contributed by atoms with Gasteiger partial charge in [-0.1, -0.05) is 18.2 Å². The number of rotatable bonds is 9. The summed E-state index contributed by atoms with van der Waals surface area (Å²) in [4.78, 5) is 16.4. The Hall–Kier alpha value is -3.13. The molecule has 0 spiro atoms. The van der Waals surface area contributed by atoms with Crippen LogP contribution in [0.2, 0.25) is 0 Å². The fourth-order valence-electron chi connectivity index (χ4n) is 2.76. The van der Waals surface area contributed by atoms with E-state index in [4.69, 9.17) is 14.2 Å². The Bertz CT molecular complexity index is 1050. The Labute approximate surface area is 183 Å². The quantitative estimate of drug-likeness (QED) is 0.371. The summed E-state index contributed by atoms with van der Waals surface area (Å²) >= 11 is 3.48. The zero-order chi connectivity index (χ0) is 21.3. The van der Waals surface area contributed by atoms with Crippen LogP contribution in [0.5, 0.6) is 17.2 Å². The van der Waals surface area contributed by atoms with Gasteiger partial charge in [0.1, 0.15) is 11.3 Å². The first-order valence-corrected chi connectivity index (χ1v) is 10.3. The average molecular weight is 472 g/mol.